The molecule has 0 rings (SSSR count). The lowest BCUT2D eigenvalue weighted by Gasteiger charge is -1.93. The lowest BCUT2D eigenvalue weighted by Crippen LogP contribution is -2.25. The molecule has 0 aromatic heterocycles. The number of unbranched alkanes of at least 4 members (excludes halogenated alkanes) is 2. The van der Waals surface area contributed by atoms with E-state index in [9.17, 15) is 9.59 Å². The summed E-state index contributed by atoms with van der Waals surface area (Å²) < 4.78 is 0. The molecule has 0 heterocycles. The molecule has 0 saturated carbocycles. The van der Waals surface area contributed by atoms with Crippen LogP contribution in [0.2, 0.25) is 0 Å². The molecule has 0 bridgehead atoms. The third-order valence-corrected chi connectivity index (χ3v) is 1.48. The van der Waals surface area contributed by atoms with Gasteiger partial charge in [-0.15, -0.1) is 0 Å². The third kappa shape index (κ3) is 19.3. The van der Waals surface area contributed by atoms with Gasteiger partial charge in [0.1, 0.15) is 6.04 Å². The molecule has 1 atom stereocenters. The van der Waals surface area contributed by atoms with E-state index in [0.717, 1.165) is 19.3 Å². The van der Waals surface area contributed by atoms with Crippen molar-refractivity contribution in [3.63, 3.8) is 0 Å². The topological polar surface area (TPSA) is 127 Å². The van der Waals surface area contributed by atoms with Crippen molar-refractivity contribution < 1.29 is 19.8 Å². The molecule has 0 aliphatic heterocycles. The Balaban J connectivity index is 0. The minimum atomic E-state index is -0.963. The zero-order valence-electron chi connectivity index (χ0n) is 8.98. The fraction of sp³-hybridized carbons (Fsp3) is 0.778. The number of rotatable bonds is 6. The summed E-state index contributed by atoms with van der Waals surface area (Å²) in [4.78, 5) is 19.5. The van der Waals surface area contributed by atoms with Crippen molar-refractivity contribution in [1.29, 1.82) is 0 Å². The number of hydrogen-bond donors (Lipinski definition) is 4. The highest BCUT2D eigenvalue weighted by molar-refractivity contribution is 5.72. The molecule has 6 N–H and O–H groups in total. The molecule has 0 fully saturated rings. The largest absolute Gasteiger partial charge is 0.481 e. The van der Waals surface area contributed by atoms with Crippen LogP contribution in [0.1, 0.15) is 32.6 Å². The van der Waals surface area contributed by atoms with Crippen LogP contribution in [0, 0.1) is 0 Å². The van der Waals surface area contributed by atoms with Gasteiger partial charge in [-0.3, -0.25) is 9.59 Å². The number of aliphatic carboxylic acids is 2. The van der Waals surface area contributed by atoms with Gasteiger partial charge in [0.25, 0.3) is 0 Å². The van der Waals surface area contributed by atoms with E-state index in [1.54, 1.807) is 0 Å². The summed E-state index contributed by atoms with van der Waals surface area (Å²) in [6.07, 6.45) is 2.91. The maximum Gasteiger partial charge on any atom is 0.320 e. The summed E-state index contributed by atoms with van der Waals surface area (Å²) >= 11 is 0. The Bertz CT molecular complexity index is 183. The first kappa shape index (κ1) is 16.3. The van der Waals surface area contributed by atoms with E-state index in [2.05, 4.69) is 0 Å². The maximum atomic E-state index is 9.93. The lowest BCUT2D eigenvalue weighted by atomic mass is 10.2. The summed E-state index contributed by atoms with van der Waals surface area (Å²) in [5.74, 6) is -1.68. The second-order valence-electron chi connectivity index (χ2n) is 3.12. The number of carboxylic acid groups (broad SMARTS) is 2. The summed E-state index contributed by atoms with van der Waals surface area (Å²) in [6, 6.07) is -0.731. The summed E-state index contributed by atoms with van der Waals surface area (Å²) in [5, 5.41) is 16.0. The van der Waals surface area contributed by atoms with E-state index in [1.807, 2.05) is 0 Å². The van der Waals surface area contributed by atoms with Crippen molar-refractivity contribution in [3.05, 3.63) is 0 Å². The molecule has 0 aliphatic carbocycles. The van der Waals surface area contributed by atoms with Crippen LogP contribution in [0.3, 0.4) is 0 Å². The minimum absolute atomic E-state index is 0.278. The van der Waals surface area contributed by atoms with Gasteiger partial charge < -0.3 is 21.7 Å². The molecular weight excluding hydrogens is 200 g/mol. The van der Waals surface area contributed by atoms with Crippen LogP contribution in [-0.2, 0) is 9.59 Å². The smallest absolute Gasteiger partial charge is 0.320 e. The Hall–Kier alpha value is -1.14. The standard InChI is InChI=1S/C6H13NO2.C3H7NO2/c7-5-3-1-2-4-6(8)9;1-2(4)3(5)6/h1-5,7H2,(H,8,9);2H,4H2,1H3,(H,5,6)/t;2-/m.1/s1. The third-order valence-electron chi connectivity index (χ3n) is 1.48. The molecule has 0 saturated heterocycles. The van der Waals surface area contributed by atoms with Crippen LogP contribution in [0.15, 0.2) is 0 Å². The van der Waals surface area contributed by atoms with Crippen LogP contribution in [0.4, 0.5) is 0 Å². The zero-order chi connectivity index (χ0) is 12.3. The van der Waals surface area contributed by atoms with E-state index < -0.39 is 18.0 Å². The molecule has 15 heavy (non-hydrogen) atoms. The van der Waals surface area contributed by atoms with Crippen molar-refractivity contribution in [3.8, 4) is 0 Å². The van der Waals surface area contributed by atoms with Gasteiger partial charge in [-0.25, -0.2) is 0 Å². The monoisotopic (exact) mass is 220 g/mol. The number of carboxylic acids is 2. The molecule has 0 spiro atoms. The summed E-state index contributed by atoms with van der Waals surface area (Å²) in [5.41, 5.74) is 10.0. The Kier molecular flexibility index (Phi) is 11.9. The predicted octanol–water partition coefficient (Wildman–Crippen LogP) is 0.00830. The Morgan fingerprint density at radius 2 is 1.67 bits per heavy atom. The van der Waals surface area contributed by atoms with Gasteiger partial charge in [0, 0.05) is 6.42 Å². The average molecular weight is 220 g/mol. The predicted molar refractivity (Wildman–Crippen MR) is 56.4 cm³/mol. The first-order valence-corrected chi connectivity index (χ1v) is 4.82. The van der Waals surface area contributed by atoms with Crippen molar-refractivity contribution in [2.75, 3.05) is 6.54 Å². The quantitative estimate of drug-likeness (QED) is 0.467. The van der Waals surface area contributed by atoms with Gasteiger partial charge in [0.15, 0.2) is 0 Å². The van der Waals surface area contributed by atoms with Crippen LogP contribution in [-0.4, -0.2) is 34.7 Å². The Morgan fingerprint density at radius 3 is 1.93 bits per heavy atom. The van der Waals surface area contributed by atoms with Crippen molar-refractivity contribution in [1.82, 2.24) is 0 Å². The molecule has 6 heteroatoms. The van der Waals surface area contributed by atoms with Gasteiger partial charge in [-0.2, -0.15) is 0 Å². The molecule has 0 aliphatic rings. The SMILES string of the molecule is C[C@@H](N)C(=O)O.NCCCCCC(=O)O. The first-order chi connectivity index (χ1) is 6.91. The van der Waals surface area contributed by atoms with E-state index in [4.69, 9.17) is 21.7 Å². The highest BCUT2D eigenvalue weighted by atomic mass is 16.4. The summed E-state index contributed by atoms with van der Waals surface area (Å²) in [7, 11) is 0. The Labute approximate surface area is 89.3 Å². The van der Waals surface area contributed by atoms with Crippen molar-refractivity contribution in [2.24, 2.45) is 11.5 Å². The van der Waals surface area contributed by atoms with Gasteiger partial charge in [0.2, 0.25) is 0 Å². The second-order valence-corrected chi connectivity index (χ2v) is 3.12. The second kappa shape index (κ2) is 10.9. The van der Waals surface area contributed by atoms with Crippen molar-refractivity contribution in [2.45, 2.75) is 38.6 Å². The van der Waals surface area contributed by atoms with Crippen molar-refractivity contribution >= 4 is 11.9 Å². The molecule has 0 amide bonds. The van der Waals surface area contributed by atoms with E-state index in [0.29, 0.717) is 6.54 Å². The molecule has 6 nitrogen and oxygen atoms in total. The number of nitrogens with two attached hydrogens (primary N) is 2. The number of hydrogen-bond acceptors (Lipinski definition) is 4. The van der Waals surface area contributed by atoms with Crippen LogP contribution >= 0.6 is 0 Å². The van der Waals surface area contributed by atoms with E-state index in [1.165, 1.54) is 6.92 Å². The molecule has 0 unspecified atom stereocenters. The zero-order valence-corrected chi connectivity index (χ0v) is 8.98. The van der Waals surface area contributed by atoms with Crippen LogP contribution in [0.25, 0.3) is 0 Å². The van der Waals surface area contributed by atoms with Crippen LogP contribution < -0.4 is 11.5 Å². The maximum absolute atomic E-state index is 9.93. The summed E-state index contributed by atoms with van der Waals surface area (Å²) in [6.45, 7) is 2.09. The van der Waals surface area contributed by atoms with E-state index >= 15 is 0 Å². The fourth-order valence-electron chi connectivity index (χ4n) is 0.597. The Morgan fingerprint density at radius 1 is 1.20 bits per heavy atom. The lowest BCUT2D eigenvalue weighted by molar-refractivity contribution is -0.138. The minimum Gasteiger partial charge on any atom is -0.481 e. The highest BCUT2D eigenvalue weighted by Crippen LogP contribution is 1.97. The average Bonchev–Trinajstić information content (AvgIpc) is 2.13. The molecule has 90 valence electrons. The molecule has 0 aromatic rings. The molecule has 0 aromatic carbocycles. The number of carbonyl (C=O) groups is 2. The molecule has 0 radical (unpaired) electrons. The van der Waals surface area contributed by atoms with E-state index in [-0.39, 0.29) is 6.42 Å². The van der Waals surface area contributed by atoms with Gasteiger partial charge in [-0.1, -0.05) is 6.42 Å². The highest BCUT2D eigenvalue weighted by Gasteiger charge is 1.99. The molecular formula is C9H20N2O4. The fourth-order valence-corrected chi connectivity index (χ4v) is 0.597. The van der Waals surface area contributed by atoms with Gasteiger partial charge >= 0.3 is 11.9 Å². The normalized spacial score (nSPS) is 11.1. The van der Waals surface area contributed by atoms with Gasteiger partial charge in [0.05, 0.1) is 0 Å². The van der Waals surface area contributed by atoms with Crippen LogP contribution in [0.5, 0.6) is 0 Å². The first-order valence-electron chi connectivity index (χ1n) is 4.82. The van der Waals surface area contributed by atoms with Gasteiger partial charge in [-0.05, 0) is 26.3 Å².